The first-order valence-corrected chi connectivity index (χ1v) is 7.52. The van der Waals surface area contributed by atoms with E-state index in [4.69, 9.17) is 16.3 Å². The van der Waals surface area contributed by atoms with Crippen LogP contribution in [0.4, 0.5) is 16.2 Å². The molecule has 1 atom stereocenters. The van der Waals surface area contributed by atoms with Crippen LogP contribution in [0.15, 0.2) is 12.1 Å². The van der Waals surface area contributed by atoms with Crippen molar-refractivity contribution in [2.75, 3.05) is 23.8 Å². The molecule has 122 valence electrons. The van der Waals surface area contributed by atoms with E-state index in [1.165, 1.54) is 12.1 Å². The van der Waals surface area contributed by atoms with Crippen molar-refractivity contribution in [3.05, 3.63) is 17.2 Å². The summed E-state index contributed by atoms with van der Waals surface area (Å²) in [5.74, 6) is -0.0518. The summed E-state index contributed by atoms with van der Waals surface area (Å²) in [5, 5.41) is 10.7. The van der Waals surface area contributed by atoms with Gasteiger partial charge in [-0.05, 0) is 18.9 Å². The van der Waals surface area contributed by atoms with E-state index in [0.717, 1.165) is 6.42 Å². The second-order valence-corrected chi connectivity index (χ2v) is 5.66. The van der Waals surface area contributed by atoms with Gasteiger partial charge in [-0.1, -0.05) is 11.6 Å². The Morgan fingerprint density at radius 2 is 2.17 bits per heavy atom. The molecule has 8 nitrogen and oxygen atoms in total. The van der Waals surface area contributed by atoms with Gasteiger partial charge in [0.1, 0.15) is 11.8 Å². The summed E-state index contributed by atoms with van der Waals surface area (Å²) in [4.78, 5) is 34.9. The normalized spacial score (nSPS) is 19.8. The highest BCUT2D eigenvalue weighted by Crippen LogP contribution is 2.36. The van der Waals surface area contributed by atoms with Crippen LogP contribution in [0.2, 0.25) is 5.02 Å². The molecule has 2 aliphatic rings. The molecule has 0 aromatic heterocycles. The van der Waals surface area contributed by atoms with E-state index in [1.807, 2.05) is 0 Å². The number of fused-ring (bicyclic) bond motifs is 1. The highest BCUT2D eigenvalue weighted by molar-refractivity contribution is 6.34. The van der Waals surface area contributed by atoms with E-state index >= 15 is 0 Å². The summed E-state index contributed by atoms with van der Waals surface area (Å²) in [5.41, 5.74) is 0.777. The van der Waals surface area contributed by atoms with E-state index in [-0.39, 0.29) is 23.4 Å². The molecule has 0 aliphatic carbocycles. The summed E-state index contributed by atoms with van der Waals surface area (Å²) in [6.45, 7) is 0.529. The largest absolute Gasteiger partial charge is 0.482 e. The average Bonchev–Trinajstić information content (AvgIpc) is 2.50. The lowest BCUT2D eigenvalue weighted by molar-refractivity contribution is -0.124. The molecule has 2 aliphatic heterocycles. The van der Waals surface area contributed by atoms with Gasteiger partial charge < -0.3 is 26.0 Å². The number of piperidine rings is 1. The van der Waals surface area contributed by atoms with Crippen LogP contribution >= 0.6 is 11.6 Å². The van der Waals surface area contributed by atoms with Crippen LogP contribution in [0.5, 0.6) is 5.75 Å². The average molecular weight is 339 g/mol. The third-order valence-corrected chi connectivity index (χ3v) is 3.85. The molecular formula is C14H15ClN4O4. The molecule has 1 fully saturated rings. The minimum atomic E-state index is -0.560. The molecule has 2 heterocycles. The fourth-order valence-corrected chi connectivity index (χ4v) is 2.63. The molecule has 4 amide bonds. The number of ether oxygens (including phenoxy) is 1. The van der Waals surface area contributed by atoms with Crippen LogP contribution in [0, 0.1) is 0 Å². The number of rotatable bonds is 2. The molecule has 0 unspecified atom stereocenters. The second kappa shape index (κ2) is 6.33. The van der Waals surface area contributed by atoms with Crippen LogP contribution in [0.3, 0.4) is 0 Å². The Balaban J connectivity index is 1.68. The fourth-order valence-electron chi connectivity index (χ4n) is 2.42. The number of carbonyl (C=O) groups excluding carboxylic acids is 3. The van der Waals surface area contributed by atoms with E-state index in [1.54, 1.807) is 0 Å². The molecule has 9 heteroatoms. The van der Waals surface area contributed by atoms with Crippen molar-refractivity contribution >= 4 is 40.8 Å². The Hall–Kier alpha value is -2.48. The number of hydrogen-bond donors (Lipinski definition) is 4. The molecule has 0 bridgehead atoms. The van der Waals surface area contributed by atoms with Gasteiger partial charge in [-0.3, -0.25) is 9.59 Å². The number of urea groups is 1. The zero-order valence-electron chi connectivity index (χ0n) is 12.1. The van der Waals surface area contributed by atoms with Gasteiger partial charge >= 0.3 is 6.03 Å². The number of carbonyl (C=O) groups is 3. The SMILES string of the molecule is O=C1COc2cc(NC(=O)N[C@H]3CCCNC3=O)c(Cl)cc2N1. The molecule has 0 spiro atoms. The van der Waals surface area contributed by atoms with Crippen molar-refractivity contribution in [2.45, 2.75) is 18.9 Å². The summed E-state index contributed by atoms with van der Waals surface area (Å²) in [6, 6.07) is 1.93. The lowest BCUT2D eigenvalue weighted by Gasteiger charge is -2.23. The van der Waals surface area contributed by atoms with Gasteiger partial charge in [0.15, 0.2) is 6.61 Å². The van der Waals surface area contributed by atoms with Crippen molar-refractivity contribution in [2.24, 2.45) is 0 Å². The second-order valence-electron chi connectivity index (χ2n) is 5.25. The Morgan fingerprint density at radius 1 is 1.35 bits per heavy atom. The van der Waals surface area contributed by atoms with Gasteiger partial charge in [0.25, 0.3) is 5.91 Å². The Morgan fingerprint density at radius 3 is 2.96 bits per heavy atom. The summed E-state index contributed by atoms with van der Waals surface area (Å²) < 4.78 is 5.27. The maximum Gasteiger partial charge on any atom is 0.319 e. The first-order valence-electron chi connectivity index (χ1n) is 7.14. The number of halogens is 1. The van der Waals surface area contributed by atoms with Gasteiger partial charge in [-0.25, -0.2) is 4.79 Å². The predicted octanol–water partition coefficient (Wildman–Crippen LogP) is 1.07. The first-order chi connectivity index (χ1) is 11.0. The molecule has 0 radical (unpaired) electrons. The molecule has 1 saturated heterocycles. The monoisotopic (exact) mass is 338 g/mol. The summed E-state index contributed by atoms with van der Waals surface area (Å²) in [6.07, 6.45) is 1.40. The minimum Gasteiger partial charge on any atom is -0.482 e. The van der Waals surface area contributed by atoms with Gasteiger partial charge in [-0.2, -0.15) is 0 Å². The third kappa shape index (κ3) is 3.48. The van der Waals surface area contributed by atoms with Crippen LogP contribution in [0.25, 0.3) is 0 Å². The zero-order chi connectivity index (χ0) is 16.4. The van der Waals surface area contributed by atoms with Crippen LogP contribution in [0.1, 0.15) is 12.8 Å². The lowest BCUT2D eigenvalue weighted by Crippen LogP contribution is -2.51. The van der Waals surface area contributed by atoms with E-state index in [2.05, 4.69) is 21.3 Å². The van der Waals surface area contributed by atoms with Crippen molar-refractivity contribution in [1.82, 2.24) is 10.6 Å². The van der Waals surface area contributed by atoms with Gasteiger partial charge in [-0.15, -0.1) is 0 Å². The fraction of sp³-hybridized carbons (Fsp3) is 0.357. The molecule has 4 N–H and O–H groups in total. The molecule has 3 rings (SSSR count). The molecule has 1 aromatic rings. The molecule has 23 heavy (non-hydrogen) atoms. The number of amides is 4. The van der Waals surface area contributed by atoms with Crippen LogP contribution in [-0.4, -0.2) is 37.0 Å². The lowest BCUT2D eigenvalue weighted by atomic mass is 10.1. The third-order valence-electron chi connectivity index (χ3n) is 3.54. The van der Waals surface area contributed by atoms with Crippen molar-refractivity contribution in [3.8, 4) is 5.75 Å². The molecular weight excluding hydrogens is 324 g/mol. The molecule has 0 saturated carbocycles. The first kappa shape index (κ1) is 15.4. The van der Waals surface area contributed by atoms with Gasteiger partial charge in [0.05, 0.1) is 16.4 Å². The summed E-state index contributed by atoms with van der Waals surface area (Å²) in [7, 11) is 0. The van der Waals surface area contributed by atoms with Gasteiger partial charge in [0.2, 0.25) is 5.91 Å². The number of anilines is 2. The van der Waals surface area contributed by atoms with E-state index < -0.39 is 12.1 Å². The number of hydrogen-bond acceptors (Lipinski definition) is 4. The highest BCUT2D eigenvalue weighted by Gasteiger charge is 2.24. The Bertz CT molecular complexity index is 679. The van der Waals surface area contributed by atoms with Crippen molar-refractivity contribution < 1.29 is 19.1 Å². The maximum atomic E-state index is 12.0. The summed E-state index contributed by atoms with van der Waals surface area (Å²) >= 11 is 6.10. The molecule has 1 aromatic carbocycles. The van der Waals surface area contributed by atoms with Crippen LogP contribution < -0.4 is 26.0 Å². The minimum absolute atomic E-state index is 0.0947. The Kier molecular flexibility index (Phi) is 4.24. The quantitative estimate of drug-likeness (QED) is 0.646. The smallest absolute Gasteiger partial charge is 0.319 e. The standard InChI is InChI=1S/C14H15ClN4O4/c15-7-4-10-11(23-6-12(20)17-10)5-9(7)19-14(22)18-8-2-1-3-16-13(8)21/h4-5,8H,1-3,6H2,(H,16,21)(H,17,20)(H2,18,19,22)/t8-/m0/s1. The van der Waals surface area contributed by atoms with Crippen molar-refractivity contribution in [1.29, 1.82) is 0 Å². The topological polar surface area (TPSA) is 109 Å². The van der Waals surface area contributed by atoms with Gasteiger partial charge in [0, 0.05) is 12.6 Å². The zero-order valence-corrected chi connectivity index (χ0v) is 12.8. The van der Waals surface area contributed by atoms with E-state index in [9.17, 15) is 14.4 Å². The number of benzene rings is 1. The predicted molar refractivity (Wildman–Crippen MR) is 83.8 cm³/mol. The maximum absolute atomic E-state index is 12.0. The van der Waals surface area contributed by atoms with E-state index in [0.29, 0.717) is 30.1 Å². The van der Waals surface area contributed by atoms with Crippen LogP contribution in [-0.2, 0) is 9.59 Å². The van der Waals surface area contributed by atoms with Crippen molar-refractivity contribution in [3.63, 3.8) is 0 Å². The number of nitrogens with one attached hydrogen (secondary N) is 4. The Labute approximate surface area is 136 Å². The highest BCUT2D eigenvalue weighted by atomic mass is 35.5.